The van der Waals surface area contributed by atoms with Gasteiger partial charge in [-0.25, -0.2) is 13.1 Å². The molecule has 0 saturated heterocycles. The monoisotopic (exact) mass is 270 g/mol. The van der Waals surface area contributed by atoms with Gasteiger partial charge in [0.2, 0.25) is 15.6 Å². The van der Waals surface area contributed by atoms with Crippen molar-refractivity contribution in [3.63, 3.8) is 0 Å². The Kier molecular flexibility index (Phi) is 3.33. The predicted molar refractivity (Wildman–Crippen MR) is 68.8 cm³/mol. The Hall–Kier alpha value is -1.14. The van der Waals surface area contributed by atoms with Gasteiger partial charge in [-0.1, -0.05) is 20.3 Å². The number of H-pyrrole nitrogens is 1. The second-order valence-corrected chi connectivity index (χ2v) is 7.16. The summed E-state index contributed by atoms with van der Waals surface area (Å²) in [4.78, 5) is 13.4. The fourth-order valence-corrected chi connectivity index (χ4v) is 3.77. The van der Waals surface area contributed by atoms with Gasteiger partial charge in [-0.3, -0.25) is 4.79 Å². The van der Waals surface area contributed by atoms with Crippen molar-refractivity contribution in [2.75, 3.05) is 0 Å². The first kappa shape index (κ1) is 13.3. The van der Waals surface area contributed by atoms with Gasteiger partial charge < -0.3 is 4.98 Å². The number of hydrogen-bond donors (Lipinski definition) is 2. The van der Waals surface area contributed by atoms with Gasteiger partial charge in [0.05, 0.1) is 4.90 Å². The summed E-state index contributed by atoms with van der Waals surface area (Å²) >= 11 is 0. The summed E-state index contributed by atoms with van der Waals surface area (Å²) < 4.78 is 27.0. The van der Waals surface area contributed by atoms with Gasteiger partial charge in [0.25, 0.3) is 0 Å². The lowest BCUT2D eigenvalue weighted by Crippen LogP contribution is -2.41. The van der Waals surface area contributed by atoms with Gasteiger partial charge in [0, 0.05) is 18.3 Å². The number of rotatable bonds is 3. The topological polar surface area (TPSA) is 79.0 Å². The molecule has 6 heteroatoms. The van der Waals surface area contributed by atoms with Crippen LogP contribution in [0, 0.1) is 5.41 Å². The zero-order valence-electron chi connectivity index (χ0n) is 10.6. The molecule has 0 aromatic carbocycles. The van der Waals surface area contributed by atoms with Crippen LogP contribution in [0.4, 0.5) is 0 Å². The fraction of sp³-hybridized carbons (Fsp3) is 0.583. The lowest BCUT2D eigenvalue weighted by atomic mass is 9.88. The van der Waals surface area contributed by atoms with E-state index in [4.69, 9.17) is 0 Å². The quantitative estimate of drug-likeness (QED) is 0.867. The summed E-state index contributed by atoms with van der Waals surface area (Å²) in [7, 11) is -3.55. The standard InChI is InChI=1S/C12H18N2O3S/c1-12(2)7-3-4-10(12)14-18(16,17)9-5-6-11(15)13-8-9/h5-6,8,10,14H,3-4,7H2,1-2H3,(H,13,15). The smallest absolute Gasteiger partial charge is 0.247 e. The molecule has 1 aromatic heterocycles. The average molecular weight is 270 g/mol. The van der Waals surface area contributed by atoms with Gasteiger partial charge in [-0.05, 0) is 24.3 Å². The molecule has 1 aromatic rings. The molecule has 0 spiro atoms. The molecule has 1 fully saturated rings. The third-order valence-corrected chi connectivity index (χ3v) is 5.09. The van der Waals surface area contributed by atoms with Gasteiger partial charge in [-0.2, -0.15) is 0 Å². The largest absolute Gasteiger partial charge is 0.328 e. The lowest BCUT2D eigenvalue weighted by Gasteiger charge is -2.27. The van der Waals surface area contributed by atoms with Crippen LogP contribution in [0.25, 0.3) is 0 Å². The zero-order valence-corrected chi connectivity index (χ0v) is 11.4. The van der Waals surface area contributed by atoms with Gasteiger partial charge in [0.15, 0.2) is 0 Å². The summed E-state index contributed by atoms with van der Waals surface area (Å²) in [6.45, 7) is 4.14. The number of sulfonamides is 1. The minimum absolute atomic E-state index is 0.0186. The molecule has 0 bridgehead atoms. The van der Waals surface area contributed by atoms with Crippen molar-refractivity contribution in [1.82, 2.24) is 9.71 Å². The first-order valence-electron chi connectivity index (χ1n) is 6.02. The van der Waals surface area contributed by atoms with E-state index in [0.29, 0.717) is 0 Å². The van der Waals surface area contributed by atoms with Gasteiger partial charge in [0.1, 0.15) is 0 Å². The molecule has 1 aliphatic carbocycles. The van der Waals surface area contributed by atoms with Crippen molar-refractivity contribution in [2.24, 2.45) is 5.41 Å². The van der Waals surface area contributed by atoms with Gasteiger partial charge in [-0.15, -0.1) is 0 Å². The number of aromatic amines is 1. The van der Waals surface area contributed by atoms with E-state index in [1.165, 1.54) is 18.3 Å². The first-order valence-corrected chi connectivity index (χ1v) is 7.51. The highest BCUT2D eigenvalue weighted by Gasteiger charge is 2.37. The summed E-state index contributed by atoms with van der Waals surface area (Å²) in [5.74, 6) is 0. The molecule has 5 nitrogen and oxygen atoms in total. The van der Waals surface area contributed by atoms with Crippen molar-refractivity contribution in [1.29, 1.82) is 0 Å². The highest BCUT2D eigenvalue weighted by atomic mass is 32.2. The molecular weight excluding hydrogens is 252 g/mol. The van der Waals surface area contributed by atoms with Crippen molar-refractivity contribution in [3.05, 3.63) is 28.7 Å². The fourth-order valence-electron chi connectivity index (χ4n) is 2.36. The summed E-state index contributed by atoms with van der Waals surface area (Å²) in [6.07, 6.45) is 4.14. The molecule has 0 amide bonds. The van der Waals surface area contributed by atoms with E-state index in [2.05, 4.69) is 23.6 Å². The Labute approximate surface area is 107 Å². The minimum Gasteiger partial charge on any atom is -0.328 e. The molecule has 2 rings (SSSR count). The second kappa shape index (κ2) is 4.51. The highest BCUT2D eigenvalue weighted by Crippen LogP contribution is 2.37. The SMILES string of the molecule is CC1(C)CCCC1NS(=O)(=O)c1ccc(=O)[nH]c1. The van der Waals surface area contributed by atoms with Crippen LogP contribution in [-0.4, -0.2) is 19.4 Å². The van der Waals surface area contributed by atoms with E-state index in [0.717, 1.165) is 19.3 Å². The zero-order chi connectivity index (χ0) is 13.4. The molecule has 18 heavy (non-hydrogen) atoms. The van der Waals surface area contributed by atoms with E-state index in [-0.39, 0.29) is 21.9 Å². The van der Waals surface area contributed by atoms with Crippen LogP contribution in [0.5, 0.6) is 0 Å². The molecule has 1 unspecified atom stereocenters. The average Bonchev–Trinajstić information content (AvgIpc) is 2.58. The molecular formula is C12H18N2O3S. The molecule has 2 N–H and O–H groups in total. The number of nitrogens with one attached hydrogen (secondary N) is 2. The van der Waals surface area contributed by atoms with Crippen LogP contribution >= 0.6 is 0 Å². The van der Waals surface area contributed by atoms with Crippen LogP contribution in [-0.2, 0) is 10.0 Å². The highest BCUT2D eigenvalue weighted by molar-refractivity contribution is 7.89. The minimum atomic E-state index is -3.55. The first-order chi connectivity index (χ1) is 8.31. The van der Waals surface area contributed by atoms with E-state index >= 15 is 0 Å². The molecule has 1 atom stereocenters. The molecule has 0 radical (unpaired) electrons. The Morgan fingerprint density at radius 1 is 1.39 bits per heavy atom. The molecule has 1 heterocycles. The normalized spacial score (nSPS) is 23.1. The van der Waals surface area contributed by atoms with Crippen molar-refractivity contribution < 1.29 is 8.42 Å². The van der Waals surface area contributed by atoms with Gasteiger partial charge >= 0.3 is 0 Å². The number of aromatic nitrogens is 1. The van der Waals surface area contributed by atoms with Crippen LogP contribution in [0.3, 0.4) is 0 Å². The number of pyridine rings is 1. The maximum atomic E-state index is 12.2. The predicted octanol–water partition coefficient (Wildman–Crippen LogP) is 1.23. The molecule has 100 valence electrons. The number of hydrogen-bond acceptors (Lipinski definition) is 3. The lowest BCUT2D eigenvalue weighted by molar-refractivity contribution is 0.313. The Balaban J connectivity index is 2.22. The van der Waals surface area contributed by atoms with Crippen LogP contribution in [0.15, 0.2) is 28.0 Å². The van der Waals surface area contributed by atoms with E-state index in [9.17, 15) is 13.2 Å². The second-order valence-electron chi connectivity index (χ2n) is 5.44. The Morgan fingerprint density at radius 3 is 2.61 bits per heavy atom. The third kappa shape index (κ3) is 2.64. The summed E-state index contributed by atoms with van der Waals surface area (Å²) in [6, 6.07) is 2.49. The third-order valence-electron chi connectivity index (χ3n) is 3.62. The van der Waals surface area contributed by atoms with Crippen LogP contribution in [0.1, 0.15) is 33.1 Å². The van der Waals surface area contributed by atoms with Crippen molar-refractivity contribution in [2.45, 2.75) is 44.0 Å². The van der Waals surface area contributed by atoms with Crippen molar-refractivity contribution in [3.8, 4) is 0 Å². The van der Waals surface area contributed by atoms with E-state index in [1.807, 2.05) is 0 Å². The maximum Gasteiger partial charge on any atom is 0.247 e. The van der Waals surface area contributed by atoms with Crippen molar-refractivity contribution >= 4 is 10.0 Å². The van der Waals surface area contributed by atoms with Crippen LogP contribution < -0.4 is 10.3 Å². The van der Waals surface area contributed by atoms with E-state index in [1.54, 1.807) is 0 Å². The summed E-state index contributed by atoms with van der Waals surface area (Å²) in [5, 5.41) is 0. The van der Waals surface area contributed by atoms with E-state index < -0.39 is 10.0 Å². The maximum absolute atomic E-state index is 12.2. The molecule has 1 saturated carbocycles. The molecule has 0 aliphatic heterocycles. The summed E-state index contributed by atoms with van der Waals surface area (Å²) in [5.41, 5.74) is -0.329. The Morgan fingerprint density at radius 2 is 2.11 bits per heavy atom. The van der Waals surface area contributed by atoms with Crippen LogP contribution in [0.2, 0.25) is 0 Å². The Bertz CT molecular complexity index is 569. The molecule has 1 aliphatic rings.